The maximum Gasteiger partial charge on any atom is 0.119 e. The summed E-state index contributed by atoms with van der Waals surface area (Å²) in [5.41, 5.74) is 3.93. The van der Waals surface area contributed by atoms with E-state index in [4.69, 9.17) is 4.74 Å². The Labute approximate surface area is 114 Å². The van der Waals surface area contributed by atoms with E-state index in [2.05, 4.69) is 54.7 Å². The van der Waals surface area contributed by atoms with Crippen LogP contribution in [0.25, 0.3) is 0 Å². The average Bonchev–Trinajstić information content (AvgIpc) is 2.47. The minimum atomic E-state index is 0.391. The summed E-state index contributed by atoms with van der Waals surface area (Å²) in [5.74, 6) is 1.51. The van der Waals surface area contributed by atoms with E-state index in [0.29, 0.717) is 12.0 Å². The highest BCUT2D eigenvalue weighted by Gasteiger charge is 2.25. The second kappa shape index (κ2) is 4.96. The maximum atomic E-state index is 5.30. The van der Waals surface area contributed by atoms with Crippen molar-refractivity contribution >= 4 is 5.69 Å². The summed E-state index contributed by atoms with van der Waals surface area (Å²) in [5, 5.41) is 3.66. The van der Waals surface area contributed by atoms with Gasteiger partial charge >= 0.3 is 0 Å². The summed E-state index contributed by atoms with van der Waals surface area (Å²) in [4.78, 5) is 0. The third kappa shape index (κ3) is 2.30. The largest absolute Gasteiger partial charge is 0.497 e. The molecule has 98 valence electrons. The summed E-state index contributed by atoms with van der Waals surface area (Å²) in [7, 11) is 1.72. The lowest BCUT2D eigenvalue weighted by Gasteiger charge is -2.33. The molecule has 0 spiro atoms. The number of hydrogen-bond donors (Lipinski definition) is 1. The fourth-order valence-corrected chi connectivity index (χ4v) is 2.85. The zero-order valence-corrected chi connectivity index (χ0v) is 11.4. The van der Waals surface area contributed by atoms with Crippen LogP contribution in [0.1, 0.15) is 24.1 Å². The number of anilines is 1. The Balaban J connectivity index is 1.92. The molecule has 19 heavy (non-hydrogen) atoms. The van der Waals surface area contributed by atoms with Crippen molar-refractivity contribution in [2.75, 3.05) is 12.4 Å². The van der Waals surface area contributed by atoms with E-state index in [1.54, 1.807) is 7.11 Å². The van der Waals surface area contributed by atoms with Gasteiger partial charge in [0, 0.05) is 5.69 Å². The molecule has 2 atom stereocenters. The van der Waals surface area contributed by atoms with Gasteiger partial charge in [0.05, 0.1) is 13.2 Å². The zero-order chi connectivity index (χ0) is 13.2. The maximum absolute atomic E-state index is 5.30. The normalized spacial score (nSPS) is 21.4. The summed E-state index contributed by atoms with van der Waals surface area (Å²) >= 11 is 0. The van der Waals surface area contributed by atoms with E-state index in [0.717, 1.165) is 12.2 Å². The molecular formula is C17H19NO. The molecule has 2 aromatic rings. The van der Waals surface area contributed by atoms with Crippen LogP contribution >= 0.6 is 0 Å². The molecule has 0 fully saturated rings. The van der Waals surface area contributed by atoms with E-state index >= 15 is 0 Å². The van der Waals surface area contributed by atoms with Crippen LogP contribution < -0.4 is 10.1 Å². The van der Waals surface area contributed by atoms with Crippen LogP contribution in [0.2, 0.25) is 0 Å². The lowest BCUT2D eigenvalue weighted by atomic mass is 9.85. The van der Waals surface area contributed by atoms with Crippen molar-refractivity contribution in [3.05, 3.63) is 59.7 Å². The van der Waals surface area contributed by atoms with Gasteiger partial charge in [-0.1, -0.05) is 37.3 Å². The van der Waals surface area contributed by atoms with Crippen LogP contribution in [0, 0.1) is 5.92 Å². The predicted octanol–water partition coefficient (Wildman–Crippen LogP) is 4.04. The molecule has 0 amide bonds. The molecule has 0 bridgehead atoms. The number of fused-ring (bicyclic) bond motifs is 1. The molecule has 0 radical (unpaired) electrons. The zero-order valence-electron chi connectivity index (χ0n) is 11.4. The monoisotopic (exact) mass is 253 g/mol. The van der Waals surface area contributed by atoms with Crippen molar-refractivity contribution < 1.29 is 4.74 Å². The van der Waals surface area contributed by atoms with Crippen molar-refractivity contribution in [2.24, 2.45) is 5.92 Å². The molecule has 2 aromatic carbocycles. The van der Waals surface area contributed by atoms with Gasteiger partial charge in [-0.2, -0.15) is 0 Å². The van der Waals surface area contributed by atoms with Crippen LogP contribution in [-0.4, -0.2) is 7.11 Å². The highest BCUT2D eigenvalue weighted by molar-refractivity contribution is 5.58. The van der Waals surface area contributed by atoms with Crippen molar-refractivity contribution in [3.8, 4) is 5.75 Å². The van der Waals surface area contributed by atoms with E-state index in [9.17, 15) is 0 Å². The second-order valence-corrected chi connectivity index (χ2v) is 5.24. The first kappa shape index (κ1) is 12.1. The van der Waals surface area contributed by atoms with Gasteiger partial charge in [0.2, 0.25) is 0 Å². The van der Waals surface area contributed by atoms with Crippen LogP contribution in [0.5, 0.6) is 5.75 Å². The molecule has 3 rings (SSSR count). The Morgan fingerprint density at radius 3 is 2.63 bits per heavy atom. The van der Waals surface area contributed by atoms with Crippen LogP contribution in [-0.2, 0) is 6.42 Å². The minimum absolute atomic E-state index is 0.391. The highest BCUT2D eigenvalue weighted by Crippen LogP contribution is 2.37. The standard InChI is InChI=1S/C17H19NO/c1-12-10-14-11-15(19-2)8-9-16(14)18-17(12)13-6-4-3-5-7-13/h3-9,11-12,17-18H,10H2,1-2H3. The van der Waals surface area contributed by atoms with E-state index < -0.39 is 0 Å². The third-order valence-electron chi connectivity index (χ3n) is 3.89. The lowest BCUT2D eigenvalue weighted by molar-refractivity contribution is 0.412. The summed E-state index contributed by atoms with van der Waals surface area (Å²) in [6, 6.07) is 17.3. The average molecular weight is 253 g/mol. The van der Waals surface area contributed by atoms with Gasteiger partial charge in [-0.3, -0.25) is 0 Å². The molecule has 0 saturated carbocycles. The first-order valence-electron chi connectivity index (χ1n) is 6.76. The van der Waals surface area contributed by atoms with E-state index in [1.807, 2.05) is 6.07 Å². The molecule has 1 aliphatic heterocycles. The molecule has 1 N–H and O–H groups in total. The highest BCUT2D eigenvalue weighted by atomic mass is 16.5. The molecule has 1 heterocycles. The lowest BCUT2D eigenvalue weighted by Crippen LogP contribution is -2.26. The number of ether oxygens (including phenoxy) is 1. The molecule has 2 heteroatoms. The van der Waals surface area contributed by atoms with Crippen LogP contribution in [0.15, 0.2) is 48.5 Å². The summed E-state index contributed by atoms with van der Waals surface area (Å²) in [6.07, 6.45) is 1.08. The van der Waals surface area contributed by atoms with E-state index in [1.165, 1.54) is 16.8 Å². The van der Waals surface area contributed by atoms with Crippen LogP contribution in [0.4, 0.5) is 5.69 Å². The first-order valence-corrected chi connectivity index (χ1v) is 6.76. The molecule has 0 aliphatic carbocycles. The molecular weight excluding hydrogens is 234 g/mol. The van der Waals surface area contributed by atoms with Gasteiger partial charge in [0.25, 0.3) is 0 Å². The summed E-state index contributed by atoms with van der Waals surface area (Å²) in [6.45, 7) is 2.30. The first-order chi connectivity index (χ1) is 9.28. The molecule has 2 unspecified atom stereocenters. The minimum Gasteiger partial charge on any atom is -0.497 e. The number of benzene rings is 2. The van der Waals surface area contributed by atoms with Gasteiger partial charge in [-0.25, -0.2) is 0 Å². The Kier molecular flexibility index (Phi) is 3.16. The fraction of sp³-hybridized carbons (Fsp3) is 0.294. The Morgan fingerprint density at radius 1 is 1.11 bits per heavy atom. The Bertz CT molecular complexity index is 565. The number of rotatable bonds is 2. The number of methoxy groups -OCH3 is 1. The fourth-order valence-electron chi connectivity index (χ4n) is 2.85. The second-order valence-electron chi connectivity index (χ2n) is 5.24. The van der Waals surface area contributed by atoms with Crippen molar-refractivity contribution in [1.29, 1.82) is 0 Å². The van der Waals surface area contributed by atoms with Crippen LogP contribution in [0.3, 0.4) is 0 Å². The number of nitrogens with one attached hydrogen (secondary N) is 1. The van der Waals surface area contributed by atoms with Crippen molar-refractivity contribution in [2.45, 2.75) is 19.4 Å². The molecule has 0 saturated heterocycles. The predicted molar refractivity (Wildman–Crippen MR) is 78.7 cm³/mol. The van der Waals surface area contributed by atoms with Gasteiger partial charge in [-0.15, -0.1) is 0 Å². The van der Waals surface area contributed by atoms with Gasteiger partial charge in [-0.05, 0) is 41.7 Å². The SMILES string of the molecule is COc1ccc2c(c1)CC(C)C(c1ccccc1)N2. The van der Waals surface area contributed by atoms with Gasteiger partial charge in [0.15, 0.2) is 0 Å². The Hall–Kier alpha value is -1.96. The molecule has 2 nitrogen and oxygen atoms in total. The smallest absolute Gasteiger partial charge is 0.119 e. The third-order valence-corrected chi connectivity index (χ3v) is 3.89. The molecule has 1 aliphatic rings. The Morgan fingerprint density at radius 2 is 1.89 bits per heavy atom. The topological polar surface area (TPSA) is 21.3 Å². The van der Waals surface area contributed by atoms with Gasteiger partial charge in [0.1, 0.15) is 5.75 Å². The van der Waals surface area contributed by atoms with Gasteiger partial charge < -0.3 is 10.1 Å². The van der Waals surface area contributed by atoms with Crippen molar-refractivity contribution in [1.82, 2.24) is 0 Å². The van der Waals surface area contributed by atoms with Crippen molar-refractivity contribution in [3.63, 3.8) is 0 Å². The van der Waals surface area contributed by atoms with E-state index in [-0.39, 0.29) is 0 Å². The number of hydrogen-bond acceptors (Lipinski definition) is 2. The quantitative estimate of drug-likeness (QED) is 0.872. The molecule has 0 aromatic heterocycles. The summed E-state index contributed by atoms with van der Waals surface area (Å²) < 4.78 is 5.30.